The van der Waals surface area contributed by atoms with Gasteiger partial charge in [-0.25, -0.2) is 8.42 Å². The monoisotopic (exact) mass is 459 g/mol. The van der Waals surface area contributed by atoms with E-state index in [1.54, 1.807) is 19.1 Å². The number of carbonyl (C=O) groups excluding carboxylic acids is 2. The Bertz CT molecular complexity index is 1010. The Balaban J connectivity index is 2.38. The number of nitrogens with zero attached hydrogens (tertiary/aromatic N) is 2. The topological polar surface area (TPSA) is 86.8 Å². The van der Waals surface area contributed by atoms with Crippen molar-refractivity contribution in [1.29, 1.82) is 0 Å². The summed E-state index contributed by atoms with van der Waals surface area (Å²) in [6, 6.07) is 15.7. The van der Waals surface area contributed by atoms with Gasteiger partial charge in [-0.2, -0.15) is 0 Å². The standard InChI is InChI=1S/C24H33N3O4S/c1-5-16-25-24(29)19(3)26(17-20-12-8-7-9-13-20)23(28)18-27(32(4,30)31)22-15-11-10-14-21(22)6-2/h7-15,19H,5-6,16-18H2,1-4H3,(H,25,29)/t19-/m0/s1. The van der Waals surface area contributed by atoms with Gasteiger partial charge in [-0.3, -0.25) is 13.9 Å². The molecule has 0 fully saturated rings. The zero-order valence-corrected chi connectivity index (χ0v) is 20.1. The molecule has 0 saturated carbocycles. The van der Waals surface area contributed by atoms with Crippen LogP contribution in [0.3, 0.4) is 0 Å². The average molecular weight is 460 g/mol. The molecular formula is C24H33N3O4S. The number of carbonyl (C=O) groups is 2. The molecule has 174 valence electrons. The summed E-state index contributed by atoms with van der Waals surface area (Å²) in [7, 11) is -3.73. The fraction of sp³-hybridized carbons (Fsp3) is 0.417. The number of para-hydroxylation sites is 1. The molecule has 2 aromatic rings. The molecule has 2 amide bonds. The van der Waals surface area contributed by atoms with Crippen LogP contribution in [-0.2, 0) is 32.6 Å². The summed E-state index contributed by atoms with van der Waals surface area (Å²) in [6.07, 6.45) is 2.49. The number of aryl methyl sites for hydroxylation is 1. The highest BCUT2D eigenvalue weighted by molar-refractivity contribution is 7.92. The molecule has 0 aliphatic rings. The van der Waals surface area contributed by atoms with Crippen LogP contribution in [0.5, 0.6) is 0 Å². The zero-order valence-electron chi connectivity index (χ0n) is 19.2. The Morgan fingerprint density at radius 2 is 1.62 bits per heavy atom. The molecule has 0 aliphatic carbocycles. The number of benzene rings is 2. The van der Waals surface area contributed by atoms with E-state index in [1.165, 1.54) is 4.90 Å². The van der Waals surface area contributed by atoms with Crippen molar-refractivity contribution in [1.82, 2.24) is 10.2 Å². The van der Waals surface area contributed by atoms with Crippen molar-refractivity contribution in [2.45, 2.75) is 46.2 Å². The van der Waals surface area contributed by atoms with E-state index in [2.05, 4.69) is 5.32 Å². The molecule has 1 atom stereocenters. The molecule has 1 N–H and O–H groups in total. The minimum atomic E-state index is -3.73. The molecule has 0 bridgehead atoms. The Hall–Kier alpha value is -2.87. The predicted octanol–water partition coefficient (Wildman–Crippen LogP) is 2.96. The van der Waals surface area contributed by atoms with Crippen LogP contribution in [0, 0.1) is 0 Å². The van der Waals surface area contributed by atoms with Crippen LogP contribution in [0.25, 0.3) is 0 Å². The van der Waals surface area contributed by atoms with Crippen molar-refractivity contribution in [3.63, 3.8) is 0 Å². The number of nitrogens with one attached hydrogen (secondary N) is 1. The number of amides is 2. The van der Waals surface area contributed by atoms with Crippen molar-refractivity contribution in [2.24, 2.45) is 0 Å². The molecule has 0 radical (unpaired) electrons. The molecule has 2 aromatic carbocycles. The molecule has 8 heteroatoms. The largest absolute Gasteiger partial charge is 0.354 e. The lowest BCUT2D eigenvalue weighted by atomic mass is 10.1. The van der Waals surface area contributed by atoms with Crippen molar-refractivity contribution in [3.05, 3.63) is 65.7 Å². The van der Waals surface area contributed by atoms with E-state index in [4.69, 9.17) is 0 Å². The predicted molar refractivity (Wildman–Crippen MR) is 128 cm³/mol. The third-order valence-corrected chi connectivity index (χ3v) is 6.36. The van der Waals surface area contributed by atoms with E-state index < -0.39 is 22.0 Å². The fourth-order valence-corrected chi connectivity index (χ4v) is 4.29. The normalized spacial score (nSPS) is 12.1. The lowest BCUT2D eigenvalue weighted by Gasteiger charge is -2.32. The number of sulfonamides is 1. The zero-order chi connectivity index (χ0) is 23.7. The maximum absolute atomic E-state index is 13.4. The third-order valence-electron chi connectivity index (χ3n) is 5.23. The van der Waals surface area contributed by atoms with Gasteiger partial charge in [-0.1, -0.05) is 62.4 Å². The van der Waals surface area contributed by atoms with E-state index >= 15 is 0 Å². The van der Waals surface area contributed by atoms with Crippen LogP contribution in [0.1, 0.15) is 38.3 Å². The highest BCUT2D eigenvalue weighted by atomic mass is 32.2. The first kappa shape index (κ1) is 25.4. The number of hydrogen-bond acceptors (Lipinski definition) is 4. The lowest BCUT2D eigenvalue weighted by molar-refractivity contribution is -0.139. The summed E-state index contributed by atoms with van der Waals surface area (Å²) in [5.74, 6) is -0.708. The van der Waals surface area contributed by atoms with Crippen LogP contribution in [0.4, 0.5) is 5.69 Å². The SMILES string of the molecule is CCCNC(=O)[C@H](C)N(Cc1ccccc1)C(=O)CN(c1ccccc1CC)S(C)(=O)=O. The van der Waals surface area contributed by atoms with Gasteiger partial charge in [0.25, 0.3) is 0 Å². The van der Waals surface area contributed by atoms with Crippen LogP contribution in [0.15, 0.2) is 54.6 Å². The lowest BCUT2D eigenvalue weighted by Crippen LogP contribution is -2.51. The molecule has 32 heavy (non-hydrogen) atoms. The molecular weight excluding hydrogens is 426 g/mol. The second kappa shape index (κ2) is 11.7. The highest BCUT2D eigenvalue weighted by Crippen LogP contribution is 2.24. The van der Waals surface area contributed by atoms with Gasteiger partial charge in [0, 0.05) is 13.1 Å². The Labute approximate surface area is 191 Å². The van der Waals surface area contributed by atoms with E-state index in [9.17, 15) is 18.0 Å². The van der Waals surface area contributed by atoms with E-state index in [0.717, 1.165) is 28.1 Å². The van der Waals surface area contributed by atoms with Crippen LogP contribution in [0.2, 0.25) is 0 Å². The summed E-state index contributed by atoms with van der Waals surface area (Å²) in [5, 5.41) is 2.82. The molecule has 0 unspecified atom stereocenters. The first-order valence-electron chi connectivity index (χ1n) is 10.9. The van der Waals surface area contributed by atoms with Gasteiger partial charge in [-0.05, 0) is 37.0 Å². The molecule has 0 saturated heterocycles. The third kappa shape index (κ3) is 6.82. The Morgan fingerprint density at radius 1 is 1.00 bits per heavy atom. The number of anilines is 1. The summed E-state index contributed by atoms with van der Waals surface area (Å²) < 4.78 is 26.4. The Morgan fingerprint density at radius 3 is 2.22 bits per heavy atom. The summed E-state index contributed by atoms with van der Waals surface area (Å²) in [6.45, 7) is 5.88. The molecule has 2 rings (SSSR count). The minimum absolute atomic E-state index is 0.202. The quantitative estimate of drug-likeness (QED) is 0.560. The fourth-order valence-electron chi connectivity index (χ4n) is 3.41. The van der Waals surface area contributed by atoms with Crippen LogP contribution < -0.4 is 9.62 Å². The summed E-state index contributed by atoms with van der Waals surface area (Å²) in [5.41, 5.74) is 2.17. The average Bonchev–Trinajstić information content (AvgIpc) is 2.78. The van der Waals surface area contributed by atoms with Gasteiger partial charge in [0.1, 0.15) is 12.6 Å². The maximum Gasteiger partial charge on any atom is 0.244 e. The number of hydrogen-bond donors (Lipinski definition) is 1. The van der Waals surface area contributed by atoms with E-state index in [1.807, 2.05) is 56.3 Å². The van der Waals surface area contributed by atoms with Crippen LogP contribution in [-0.4, -0.2) is 50.5 Å². The molecule has 0 aromatic heterocycles. The smallest absolute Gasteiger partial charge is 0.244 e. The van der Waals surface area contributed by atoms with Gasteiger partial charge in [0.05, 0.1) is 11.9 Å². The van der Waals surface area contributed by atoms with Crippen molar-refractivity contribution >= 4 is 27.5 Å². The van der Waals surface area contributed by atoms with E-state index in [-0.39, 0.29) is 19.0 Å². The van der Waals surface area contributed by atoms with E-state index in [0.29, 0.717) is 18.7 Å². The van der Waals surface area contributed by atoms with Crippen molar-refractivity contribution in [3.8, 4) is 0 Å². The van der Waals surface area contributed by atoms with Gasteiger partial charge in [-0.15, -0.1) is 0 Å². The maximum atomic E-state index is 13.4. The molecule has 0 heterocycles. The summed E-state index contributed by atoms with van der Waals surface area (Å²) >= 11 is 0. The number of rotatable bonds is 11. The second-order valence-electron chi connectivity index (χ2n) is 7.73. The molecule has 0 spiro atoms. The minimum Gasteiger partial charge on any atom is -0.354 e. The van der Waals surface area contributed by atoms with Gasteiger partial charge in [0.15, 0.2) is 0 Å². The first-order chi connectivity index (χ1) is 15.2. The highest BCUT2D eigenvalue weighted by Gasteiger charge is 2.30. The van der Waals surface area contributed by atoms with Gasteiger partial charge in [0.2, 0.25) is 21.8 Å². The second-order valence-corrected chi connectivity index (χ2v) is 9.63. The van der Waals surface area contributed by atoms with Crippen molar-refractivity contribution in [2.75, 3.05) is 23.7 Å². The van der Waals surface area contributed by atoms with Crippen molar-refractivity contribution < 1.29 is 18.0 Å². The van der Waals surface area contributed by atoms with Gasteiger partial charge >= 0.3 is 0 Å². The molecule has 0 aliphatic heterocycles. The Kier molecular flexibility index (Phi) is 9.26. The summed E-state index contributed by atoms with van der Waals surface area (Å²) in [4.78, 5) is 27.5. The molecule has 7 nitrogen and oxygen atoms in total. The first-order valence-corrected chi connectivity index (χ1v) is 12.7. The van der Waals surface area contributed by atoms with Crippen LogP contribution >= 0.6 is 0 Å². The van der Waals surface area contributed by atoms with Gasteiger partial charge < -0.3 is 10.2 Å².